The van der Waals surface area contributed by atoms with E-state index >= 15 is 0 Å². The van der Waals surface area contributed by atoms with Crippen LogP contribution in [0.4, 0.5) is 0 Å². The lowest BCUT2D eigenvalue weighted by Gasteiger charge is -2.38. The largest absolute Gasteiger partial charge is 0.337 e. The fourth-order valence-corrected chi connectivity index (χ4v) is 5.32. The third-order valence-electron chi connectivity index (χ3n) is 5.70. The second-order valence-corrected chi connectivity index (χ2v) is 9.45. The zero-order valence-electron chi connectivity index (χ0n) is 16.3. The number of carbonyl (C=O) groups is 1. The van der Waals surface area contributed by atoms with Gasteiger partial charge < -0.3 is 10.2 Å². The van der Waals surface area contributed by atoms with Crippen LogP contribution in [0.5, 0.6) is 0 Å². The zero-order chi connectivity index (χ0) is 18.9. The summed E-state index contributed by atoms with van der Waals surface area (Å²) < 4.78 is 27.3. The molecule has 2 aliphatic heterocycles. The van der Waals surface area contributed by atoms with E-state index < -0.39 is 10.0 Å². The van der Waals surface area contributed by atoms with Crippen LogP contribution < -0.4 is 5.32 Å². The number of piperidine rings is 1. The molecule has 3 rings (SSSR count). The summed E-state index contributed by atoms with van der Waals surface area (Å²) in [4.78, 5) is 15.1. The number of nitrogens with one attached hydrogen (secondary N) is 1. The molecule has 0 bridgehead atoms. The number of carbonyl (C=O) groups excluding carboxylic acids is 1. The first-order valence-electron chi connectivity index (χ1n) is 9.39. The normalized spacial score (nSPS) is 22.3. The zero-order valence-corrected chi connectivity index (χ0v) is 17.9. The first-order chi connectivity index (χ1) is 12.3. The van der Waals surface area contributed by atoms with Crippen molar-refractivity contribution in [1.29, 1.82) is 0 Å². The van der Waals surface area contributed by atoms with E-state index in [4.69, 9.17) is 0 Å². The van der Waals surface area contributed by atoms with Gasteiger partial charge in [0.2, 0.25) is 15.9 Å². The number of halogens is 1. The predicted octanol–water partition coefficient (Wildman–Crippen LogP) is 1.95. The molecule has 6 nitrogen and oxygen atoms in total. The van der Waals surface area contributed by atoms with Crippen LogP contribution >= 0.6 is 12.4 Å². The van der Waals surface area contributed by atoms with Crippen LogP contribution in [0.2, 0.25) is 0 Å². The quantitative estimate of drug-likeness (QED) is 0.819. The highest BCUT2D eigenvalue weighted by Crippen LogP contribution is 2.26. The summed E-state index contributed by atoms with van der Waals surface area (Å²) in [5.74, 6) is 0.115. The van der Waals surface area contributed by atoms with Gasteiger partial charge in [0.1, 0.15) is 0 Å². The molecule has 2 aliphatic rings. The van der Waals surface area contributed by atoms with Crippen molar-refractivity contribution < 1.29 is 13.2 Å². The fourth-order valence-electron chi connectivity index (χ4n) is 3.77. The molecule has 2 saturated heterocycles. The van der Waals surface area contributed by atoms with Gasteiger partial charge in [-0.3, -0.25) is 4.79 Å². The Hall–Kier alpha value is -1.15. The van der Waals surface area contributed by atoms with E-state index in [1.54, 1.807) is 12.1 Å². The van der Waals surface area contributed by atoms with Crippen LogP contribution in [0, 0.1) is 19.8 Å². The van der Waals surface area contributed by atoms with Gasteiger partial charge in [-0.1, -0.05) is 6.07 Å². The van der Waals surface area contributed by atoms with E-state index in [-0.39, 0.29) is 30.3 Å². The molecule has 1 aromatic rings. The van der Waals surface area contributed by atoms with Crippen molar-refractivity contribution in [3.63, 3.8) is 0 Å². The number of hydrogen-bond donors (Lipinski definition) is 1. The highest BCUT2D eigenvalue weighted by Gasteiger charge is 2.35. The Kier molecular flexibility index (Phi) is 7.30. The lowest BCUT2D eigenvalue weighted by Crippen LogP contribution is -2.55. The SMILES string of the molecule is Cc1ccc(S(=O)(=O)N2CCC(C(=O)N3CCNCC3C)CC2)cc1C.Cl. The number of hydrogen-bond acceptors (Lipinski definition) is 4. The number of nitrogens with zero attached hydrogens (tertiary/aromatic N) is 2. The lowest BCUT2D eigenvalue weighted by atomic mass is 9.95. The third kappa shape index (κ3) is 4.65. The molecule has 0 radical (unpaired) electrons. The molecule has 152 valence electrons. The minimum Gasteiger partial charge on any atom is -0.337 e. The van der Waals surface area contributed by atoms with E-state index in [0.29, 0.717) is 30.8 Å². The molecule has 0 spiro atoms. The third-order valence-corrected chi connectivity index (χ3v) is 7.60. The minimum atomic E-state index is -3.49. The molecule has 2 heterocycles. The maximum absolute atomic E-state index is 12.9. The van der Waals surface area contributed by atoms with Gasteiger partial charge in [0, 0.05) is 44.7 Å². The highest BCUT2D eigenvalue weighted by atomic mass is 35.5. The first-order valence-corrected chi connectivity index (χ1v) is 10.8. The first kappa shape index (κ1) is 22.1. The Balaban J connectivity index is 0.00000261. The Morgan fingerprint density at radius 2 is 1.78 bits per heavy atom. The van der Waals surface area contributed by atoms with Gasteiger partial charge in [-0.05, 0) is 56.9 Å². The van der Waals surface area contributed by atoms with Gasteiger partial charge in [-0.25, -0.2) is 8.42 Å². The molecular weight excluding hydrogens is 386 g/mol. The molecule has 8 heteroatoms. The molecular formula is C19H30ClN3O3S. The van der Waals surface area contributed by atoms with E-state index in [1.165, 1.54) is 4.31 Å². The molecule has 1 aromatic carbocycles. The fraction of sp³-hybridized carbons (Fsp3) is 0.632. The number of sulfonamides is 1. The molecule has 1 N–H and O–H groups in total. The number of rotatable bonds is 3. The van der Waals surface area contributed by atoms with E-state index in [0.717, 1.165) is 30.8 Å². The van der Waals surface area contributed by atoms with Crippen LogP contribution in [-0.4, -0.2) is 62.3 Å². The van der Waals surface area contributed by atoms with E-state index in [1.807, 2.05) is 24.8 Å². The molecule has 1 atom stereocenters. The van der Waals surface area contributed by atoms with Gasteiger partial charge in [0.15, 0.2) is 0 Å². The predicted molar refractivity (Wildman–Crippen MR) is 109 cm³/mol. The Labute approximate surface area is 168 Å². The van der Waals surface area contributed by atoms with Crippen LogP contribution in [0.25, 0.3) is 0 Å². The second-order valence-electron chi connectivity index (χ2n) is 7.51. The number of aryl methyl sites for hydroxylation is 2. The Bertz CT molecular complexity index is 776. The molecule has 0 saturated carbocycles. The molecule has 1 amide bonds. The van der Waals surface area contributed by atoms with Crippen molar-refractivity contribution in [2.45, 2.75) is 44.6 Å². The van der Waals surface area contributed by atoms with Crippen molar-refractivity contribution >= 4 is 28.3 Å². The van der Waals surface area contributed by atoms with Crippen molar-refractivity contribution in [2.75, 3.05) is 32.7 Å². The van der Waals surface area contributed by atoms with E-state index in [2.05, 4.69) is 12.2 Å². The van der Waals surface area contributed by atoms with Crippen LogP contribution in [0.15, 0.2) is 23.1 Å². The maximum atomic E-state index is 12.9. The molecule has 2 fully saturated rings. The summed E-state index contributed by atoms with van der Waals surface area (Å²) in [6.07, 6.45) is 1.19. The standard InChI is InChI=1S/C19H29N3O3S.ClH/c1-14-4-5-18(12-15(14)2)26(24,25)21-9-6-17(7-10-21)19(23)22-11-8-20-13-16(22)3;/h4-5,12,16-17,20H,6-11,13H2,1-3H3;1H. The smallest absolute Gasteiger partial charge is 0.243 e. The van der Waals surface area contributed by atoms with Gasteiger partial charge >= 0.3 is 0 Å². The van der Waals surface area contributed by atoms with Gasteiger partial charge in [0.25, 0.3) is 0 Å². The number of amides is 1. The summed E-state index contributed by atoms with van der Waals surface area (Å²) in [6, 6.07) is 5.47. The Morgan fingerprint density at radius 1 is 1.11 bits per heavy atom. The van der Waals surface area contributed by atoms with Crippen molar-refractivity contribution in [2.24, 2.45) is 5.92 Å². The summed E-state index contributed by atoms with van der Waals surface area (Å²) in [5.41, 5.74) is 2.06. The second kappa shape index (κ2) is 8.90. The summed E-state index contributed by atoms with van der Waals surface area (Å²) >= 11 is 0. The van der Waals surface area contributed by atoms with Crippen LogP contribution in [0.1, 0.15) is 30.9 Å². The van der Waals surface area contributed by atoms with Gasteiger partial charge in [-0.15, -0.1) is 12.4 Å². The summed E-state index contributed by atoms with van der Waals surface area (Å²) in [6.45, 7) is 9.17. The van der Waals surface area contributed by atoms with Crippen LogP contribution in [0.3, 0.4) is 0 Å². The van der Waals surface area contributed by atoms with Gasteiger partial charge in [0.05, 0.1) is 4.90 Å². The maximum Gasteiger partial charge on any atom is 0.243 e. The lowest BCUT2D eigenvalue weighted by molar-refractivity contribution is -0.139. The van der Waals surface area contributed by atoms with Crippen LogP contribution in [-0.2, 0) is 14.8 Å². The van der Waals surface area contributed by atoms with Crippen molar-refractivity contribution in [3.05, 3.63) is 29.3 Å². The molecule has 0 aromatic heterocycles. The molecule has 0 aliphatic carbocycles. The van der Waals surface area contributed by atoms with E-state index in [9.17, 15) is 13.2 Å². The molecule has 1 unspecified atom stereocenters. The highest BCUT2D eigenvalue weighted by molar-refractivity contribution is 7.89. The monoisotopic (exact) mass is 415 g/mol. The van der Waals surface area contributed by atoms with Gasteiger partial charge in [-0.2, -0.15) is 4.31 Å². The Morgan fingerprint density at radius 3 is 2.37 bits per heavy atom. The average molecular weight is 416 g/mol. The molecule has 27 heavy (non-hydrogen) atoms. The summed E-state index contributed by atoms with van der Waals surface area (Å²) in [7, 11) is -3.49. The summed E-state index contributed by atoms with van der Waals surface area (Å²) in [5, 5.41) is 3.29. The number of piperazine rings is 1. The van der Waals surface area contributed by atoms with Crippen molar-refractivity contribution in [3.8, 4) is 0 Å². The number of benzene rings is 1. The average Bonchev–Trinajstić information content (AvgIpc) is 2.64. The minimum absolute atomic E-state index is 0. The van der Waals surface area contributed by atoms with Crippen molar-refractivity contribution in [1.82, 2.24) is 14.5 Å². The topological polar surface area (TPSA) is 69.7 Å².